The average Bonchev–Trinajstić information content (AvgIpc) is 2.50. The predicted octanol–water partition coefficient (Wildman–Crippen LogP) is 2.98. The Morgan fingerprint density at radius 2 is 2.27 bits per heavy atom. The van der Waals surface area contributed by atoms with Gasteiger partial charge in [0.2, 0.25) is 0 Å². The summed E-state index contributed by atoms with van der Waals surface area (Å²) in [6.07, 6.45) is 7.69. The zero-order valence-electron chi connectivity index (χ0n) is 6.50. The summed E-state index contributed by atoms with van der Waals surface area (Å²) < 4.78 is 0. The van der Waals surface area contributed by atoms with Crippen LogP contribution in [0.1, 0.15) is 11.1 Å². The number of allylic oxidation sites excluding steroid dienone is 1. The molecule has 1 aromatic carbocycles. The average molecular weight is 162 g/mol. The summed E-state index contributed by atoms with van der Waals surface area (Å²) in [6.45, 7) is 0. The van der Waals surface area contributed by atoms with Gasteiger partial charge in [0.1, 0.15) is 0 Å². The lowest BCUT2D eigenvalue weighted by atomic mass is 10.1. The van der Waals surface area contributed by atoms with E-state index in [2.05, 4.69) is 36.6 Å². The summed E-state index contributed by atoms with van der Waals surface area (Å²) in [7, 11) is 0. The van der Waals surface area contributed by atoms with Crippen LogP contribution in [0.5, 0.6) is 0 Å². The zero-order chi connectivity index (χ0) is 7.68. The Balaban J connectivity index is 2.57. The van der Waals surface area contributed by atoms with Gasteiger partial charge in [-0.2, -0.15) is 0 Å². The molecule has 56 valence electrons. The van der Waals surface area contributed by atoms with E-state index in [1.807, 2.05) is 11.8 Å². The number of rotatable bonds is 1. The minimum atomic E-state index is 1.11. The second-order valence-electron chi connectivity index (χ2n) is 2.64. The van der Waals surface area contributed by atoms with Crippen molar-refractivity contribution in [3.63, 3.8) is 0 Å². The van der Waals surface area contributed by atoms with Gasteiger partial charge in [0.15, 0.2) is 0 Å². The van der Waals surface area contributed by atoms with Gasteiger partial charge in [-0.1, -0.05) is 24.3 Å². The minimum Gasteiger partial charge on any atom is -0.129 e. The summed E-state index contributed by atoms with van der Waals surface area (Å²) >= 11 is 1.82. The van der Waals surface area contributed by atoms with Crippen molar-refractivity contribution in [3.05, 3.63) is 35.4 Å². The Bertz CT molecular complexity index is 300. The summed E-state index contributed by atoms with van der Waals surface area (Å²) in [5.74, 6) is 0. The molecule has 11 heavy (non-hydrogen) atoms. The number of thioether (sulfide) groups is 1. The monoisotopic (exact) mass is 162 g/mol. The molecule has 0 fully saturated rings. The van der Waals surface area contributed by atoms with Gasteiger partial charge in [-0.25, -0.2) is 0 Å². The molecule has 0 spiro atoms. The topological polar surface area (TPSA) is 0 Å². The predicted molar refractivity (Wildman–Crippen MR) is 51.0 cm³/mol. The molecule has 0 saturated carbocycles. The van der Waals surface area contributed by atoms with E-state index in [4.69, 9.17) is 0 Å². The molecule has 0 bridgehead atoms. The molecule has 1 heteroatoms. The van der Waals surface area contributed by atoms with E-state index in [0.717, 1.165) is 6.42 Å². The largest absolute Gasteiger partial charge is 0.129 e. The van der Waals surface area contributed by atoms with E-state index in [9.17, 15) is 0 Å². The molecular weight excluding hydrogens is 152 g/mol. The summed E-state index contributed by atoms with van der Waals surface area (Å²) in [6, 6.07) is 6.52. The zero-order valence-corrected chi connectivity index (χ0v) is 7.32. The summed E-state index contributed by atoms with van der Waals surface area (Å²) in [4.78, 5) is 1.40. The molecule has 0 N–H and O–H groups in total. The van der Waals surface area contributed by atoms with Gasteiger partial charge in [-0.05, 0) is 29.9 Å². The Morgan fingerprint density at radius 1 is 1.36 bits per heavy atom. The van der Waals surface area contributed by atoms with Crippen LogP contribution in [0.2, 0.25) is 0 Å². The molecule has 0 saturated heterocycles. The van der Waals surface area contributed by atoms with Crippen molar-refractivity contribution in [2.75, 3.05) is 6.26 Å². The van der Waals surface area contributed by atoms with E-state index in [1.165, 1.54) is 16.0 Å². The SMILES string of the molecule is CSc1cccc2c1C=CC2. The van der Waals surface area contributed by atoms with Gasteiger partial charge in [-0.15, -0.1) is 11.8 Å². The Hall–Kier alpha value is -0.690. The number of hydrogen-bond acceptors (Lipinski definition) is 1. The van der Waals surface area contributed by atoms with Gasteiger partial charge in [0, 0.05) is 4.90 Å². The fraction of sp³-hybridized carbons (Fsp3) is 0.200. The normalized spacial score (nSPS) is 13.5. The van der Waals surface area contributed by atoms with E-state index in [0.29, 0.717) is 0 Å². The van der Waals surface area contributed by atoms with Crippen molar-refractivity contribution in [1.29, 1.82) is 0 Å². The van der Waals surface area contributed by atoms with Crippen LogP contribution in [-0.2, 0) is 6.42 Å². The minimum absolute atomic E-state index is 1.11. The van der Waals surface area contributed by atoms with Crippen molar-refractivity contribution in [2.45, 2.75) is 11.3 Å². The second kappa shape index (κ2) is 2.74. The molecule has 1 aromatic rings. The van der Waals surface area contributed by atoms with E-state index >= 15 is 0 Å². The third kappa shape index (κ3) is 1.10. The highest BCUT2D eigenvalue weighted by Crippen LogP contribution is 2.28. The molecule has 0 nitrogen and oxygen atoms in total. The Kier molecular flexibility index (Phi) is 1.74. The van der Waals surface area contributed by atoms with Crippen LogP contribution in [0, 0.1) is 0 Å². The summed E-state index contributed by atoms with van der Waals surface area (Å²) in [5.41, 5.74) is 2.90. The maximum Gasteiger partial charge on any atom is 0.0144 e. The first-order valence-corrected chi connectivity index (χ1v) is 4.96. The van der Waals surface area contributed by atoms with E-state index in [1.54, 1.807) is 0 Å². The third-order valence-corrected chi connectivity index (χ3v) is 2.79. The third-order valence-electron chi connectivity index (χ3n) is 2.00. The maximum atomic E-state index is 2.23. The van der Waals surface area contributed by atoms with Crippen LogP contribution in [0.4, 0.5) is 0 Å². The van der Waals surface area contributed by atoms with Crippen LogP contribution in [-0.4, -0.2) is 6.26 Å². The highest BCUT2D eigenvalue weighted by atomic mass is 32.2. The van der Waals surface area contributed by atoms with Gasteiger partial charge in [-0.3, -0.25) is 0 Å². The van der Waals surface area contributed by atoms with Crippen molar-refractivity contribution in [1.82, 2.24) is 0 Å². The van der Waals surface area contributed by atoms with Crippen LogP contribution in [0.15, 0.2) is 29.2 Å². The van der Waals surface area contributed by atoms with Gasteiger partial charge in [0.25, 0.3) is 0 Å². The molecule has 0 radical (unpaired) electrons. The highest BCUT2D eigenvalue weighted by molar-refractivity contribution is 7.98. The Labute approximate surface area is 71.3 Å². The Morgan fingerprint density at radius 3 is 3.09 bits per heavy atom. The molecule has 1 aliphatic carbocycles. The lowest BCUT2D eigenvalue weighted by Crippen LogP contribution is -1.82. The van der Waals surface area contributed by atoms with Crippen LogP contribution in [0.3, 0.4) is 0 Å². The molecule has 0 amide bonds. The lowest BCUT2D eigenvalue weighted by molar-refractivity contribution is 1.27. The van der Waals surface area contributed by atoms with Crippen molar-refractivity contribution in [3.8, 4) is 0 Å². The van der Waals surface area contributed by atoms with Crippen molar-refractivity contribution < 1.29 is 0 Å². The van der Waals surface area contributed by atoms with E-state index < -0.39 is 0 Å². The maximum absolute atomic E-state index is 2.23. The quantitative estimate of drug-likeness (QED) is 0.572. The highest BCUT2D eigenvalue weighted by Gasteiger charge is 2.07. The molecule has 0 atom stereocenters. The molecule has 0 heterocycles. The molecular formula is C10H10S. The van der Waals surface area contributed by atoms with Gasteiger partial charge < -0.3 is 0 Å². The fourth-order valence-corrected chi connectivity index (χ4v) is 2.07. The van der Waals surface area contributed by atoms with Crippen LogP contribution >= 0.6 is 11.8 Å². The number of hydrogen-bond donors (Lipinski definition) is 0. The molecule has 0 aliphatic heterocycles. The van der Waals surface area contributed by atoms with Gasteiger partial charge >= 0.3 is 0 Å². The molecule has 2 rings (SSSR count). The number of benzene rings is 1. The standard InChI is InChI=1S/C10H10S/c1-11-10-7-3-5-8-4-2-6-9(8)10/h2-3,5-7H,4H2,1H3. The van der Waals surface area contributed by atoms with Crippen LogP contribution in [0.25, 0.3) is 6.08 Å². The second-order valence-corrected chi connectivity index (χ2v) is 3.49. The first kappa shape index (κ1) is 6.99. The molecule has 1 aliphatic rings. The van der Waals surface area contributed by atoms with Crippen LogP contribution < -0.4 is 0 Å². The number of fused-ring (bicyclic) bond motifs is 1. The lowest BCUT2D eigenvalue weighted by Gasteiger charge is -2.02. The molecule has 0 unspecified atom stereocenters. The summed E-state index contributed by atoms with van der Waals surface area (Å²) in [5, 5.41) is 0. The molecule has 0 aromatic heterocycles. The van der Waals surface area contributed by atoms with Gasteiger partial charge in [0.05, 0.1) is 0 Å². The van der Waals surface area contributed by atoms with Crippen molar-refractivity contribution >= 4 is 17.8 Å². The smallest absolute Gasteiger partial charge is 0.0144 e. The van der Waals surface area contributed by atoms with E-state index in [-0.39, 0.29) is 0 Å². The first-order chi connectivity index (χ1) is 5.42. The fourth-order valence-electron chi connectivity index (χ4n) is 1.44. The van der Waals surface area contributed by atoms with Crippen molar-refractivity contribution in [2.24, 2.45) is 0 Å². The first-order valence-electron chi connectivity index (χ1n) is 3.74.